The van der Waals surface area contributed by atoms with E-state index in [1.165, 1.54) is 27.8 Å². The molecule has 56 heavy (non-hydrogen) atoms. The molecule has 7 aromatic rings. The molecule has 0 fully saturated rings. The van der Waals surface area contributed by atoms with Gasteiger partial charge in [-0.2, -0.15) is 12.1 Å². The first-order valence-electron chi connectivity index (χ1n) is 19.4. The fourth-order valence-corrected chi connectivity index (χ4v) is 7.75. The number of aromatic nitrogens is 2. The predicted molar refractivity (Wildman–Crippen MR) is 229 cm³/mol. The molecule has 288 valence electrons. The summed E-state index contributed by atoms with van der Waals surface area (Å²) in [5.74, 6) is 2.99. The molecule has 5 aromatic carbocycles. The largest absolute Gasteiger partial charge is 0.509 e. The van der Waals surface area contributed by atoms with E-state index in [2.05, 4.69) is 186 Å². The maximum Gasteiger partial charge on any atom is 0.135 e. The Morgan fingerprint density at radius 2 is 1.34 bits per heavy atom. The van der Waals surface area contributed by atoms with Gasteiger partial charge in [-0.15, -0.1) is 48.1 Å². The van der Waals surface area contributed by atoms with Crippen LogP contribution in [0, 0.1) is 18.8 Å². The van der Waals surface area contributed by atoms with Crippen molar-refractivity contribution in [2.45, 2.75) is 79.6 Å². The Kier molecular flexibility index (Phi) is 10.8. The van der Waals surface area contributed by atoms with Crippen molar-refractivity contribution in [3.63, 3.8) is 0 Å². The van der Waals surface area contributed by atoms with Crippen molar-refractivity contribution in [1.29, 1.82) is 0 Å². The Morgan fingerprint density at radius 3 is 2.04 bits per heavy atom. The van der Waals surface area contributed by atoms with Crippen LogP contribution in [0.25, 0.3) is 38.8 Å². The monoisotopic (exact) mass is 916 g/mol. The molecule has 0 saturated carbocycles. The molecule has 0 atom stereocenters. The number of hydrogen-bond donors (Lipinski definition) is 0. The summed E-state index contributed by atoms with van der Waals surface area (Å²) < 4.78 is 8.71. The molecule has 5 nitrogen and oxygen atoms in total. The second kappa shape index (κ2) is 15.4. The molecule has 0 bridgehead atoms. The van der Waals surface area contributed by atoms with Crippen LogP contribution in [0.15, 0.2) is 127 Å². The van der Waals surface area contributed by atoms with Gasteiger partial charge < -0.3 is 19.1 Å². The van der Waals surface area contributed by atoms with Crippen molar-refractivity contribution in [2.24, 2.45) is 0 Å². The Hall–Kier alpha value is -5.12. The molecule has 0 amide bonds. The molecular formula is C50H49N4OPt-3. The second-order valence-electron chi connectivity index (χ2n) is 16.3. The minimum atomic E-state index is -0.00632. The second-order valence-corrected chi connectivity index (χ2v) is 16.3. The summed E-state index contributed by atoms with van der Waals surface area (Å²) in [6.45, 7) is 22.3. The molecule has 0 radical (unpaired) electrons. The van der Waals surface area contributed by atoms with Crippen LogP contribution in [-0.2, 0) is 26.5 Å². The summed E-state index contributed by atoms with van der Waals surface area (Å²) in [4.78, 5) is 9.25. The number of benzene rings is 5. The molecule has 8 rings (SSSR count). The number of pyridine rings is 1. The van der Waals surface area contributed by atoms with Gasteiger partial charge in [-0.25, -0.2) is 4.98 Å². The molecule has 0 unspecified atom stereocenters. The zero-order valence-corrected chi connectivity index (χ0v) is 36.0. The third-order valence-corrected chi connectivity index (χ3v) is 10.9. The Morgan fingerprint density at radius 1 is 0.679 bits per heavy atom. The number of fused-ring (bicyclic) bond motifs is 3. The number of para-hydroxylation sites is 1. The summed E-state index contributed by atoms with van der Waals surface area (Å²) in [5, 5.41) is 2.25. The minimum absolute atomic E-state index is 0. The van der Waals surface area contributed by atoms with Crippen molar-refractivity contribution >= 4 is 33.2 Å². The van der Waals surface area contributed by atoms with Crippen molar-refractivity contribution in [3.8, 4) is 28.4 Å². The van der Waals surface area contributed by atoms with E-state index in [1.807, 2.05) is 24.4 Å². The fourth-order valence-electron chi connectivity index (χ4n) is 7.75. The molecule has 2 aromatic heterocycles. The van der Waals surface area contributed by atoms with E-state index < -0.39 is 0 Å². The number of anilines is 2. The fraction of sp³-hybridized carbons (Fsp3) is 0.240. The van der Waals surface area contributed by atoms with Gasteiger partial charge >= 0.3 is 0 Å². The molecular weight excluding hydrogens is 868 g/mol. The van der Waals surface area contributed by atoms with E-state index in [4.69, 9.17) is 9.72 Å². The van der Waals surface area contributed by atoms with Crippen LogP contribution in [0.3, 0.4) is 0 Å². The summed E-state index contributed by atoms with van der Waals surface area (Å²) in [6.07, 6.45) is 1.90. The van der Waals surface area contributed by atoms with Crippen LogP contribution in [-0.4, -0.2) is 9.55 Å². The van der Waals surface area contributed by atoms with E-state index >= 15 is 0 Å². The molecule has 3 heterocycles. The third-order valence-electron chi connectivity index (χ3n) is 10.9. The van der Waals surface area contributed by atoms with Crippen LogP contribution in [0.5, 0.6) is 11.5 Å². The predicted octanol–water partition coefficient (Wildman–Crippen LogP) is 13.5. The first-order valence-corrected chi connectivity index (χ1v) is 19.4. The van der Waals surface area contributed by atoms with Gasteiger partial charge in [0.25, 0.3) is 0 Å². The van der Waals surface area contributed by atoms with E-state index in [0.717, 1.165) is 50.4 Å². The van der Waals surface area contributed by atoms with Crippen LogP contribution in [0.1, 0.15) is 90.8 Å². The molecule has 0 aliphatic carbocycles. The standard InChI is InChI=1S/C50H49N4O.Pt/c1-32(2)42-17-13-18-43(33(3)4)49(42)36-20-22-38(23-21-36)52-31-53(35(6)34(52)5)39-14-12-15-40(29-39)55-41-24-25-45-44-16-10-11-19-46(44)54(47(45)30-41)48-28-37(26-27-51-48)50(7,8)9;/h10-28,31-33H,1-9H3;/q-3;. The SMILES string of the molecule is CC1=C(C)N(c2ccc(-c3c(C(C)C)cccc3C(C)C)cc2)[CH-]N1c1[c-]c(Oc2[c-]c3c(cc2)c2ccccc2n3-c2cc(C(C)(C)C)ccn2)ccc1.[Pt]. The first kappa shape index (κ1) is 39.1. The van der Waals surface area contributed by atoms with Gasteiger partial charge in [0.1, 0.15) is 5.82 Å². The smallest absolute Gasteiger partial charge is 0.135 e. The minimum Gasteiger partial charge on any atom is -0.509 e. The first-order chi connectivity index (χ1) is 26.4. The molecule has 0 N–H and O–H groups in total. The number of hydrogen-bond acceptors (Lipinski definition) is 4. The van der Waals surface area contributed by atoms with E-state index in [-0.39, 0.29) is 26.5 Å². The number of rotatable bonds is 8. The van der Waals surface area contributed by atoms with Crippen molar-refractivity contribution < 1.29 is 25.8 Å². The number of nitrogens with zero attached hydrogens (tertiary/aromatic N) is 4. The topological polar surface area (TPSA) is 33.5 Å². The van der Waals surface area contributed by atoms with E-state index in [0.29, 0.717) is 23.3 Å². The Balaban J connectivity index is 0.00000480. The van der Waals surface area contributed by atoms with Gasteiger partial charge in [-0.05, 0) is 94.6 Å². The van der Waals surface area contributed by atoms with E-state index in [1.54, 1.807) is 0 Å². The number of ether oxygens (including phenoxy) is 1. The maximum absolute atomic E-state index is 6.52. The summed E-state index contributed by atoms with van der Waals surface area (Å²) in [6, 6.07) is 45.8. The van der Waals surface area contributed by atoms with Crippen molar-refractivity contribution in [2.75, 3.05) is 9.80 Å². The van der Waals surface area contributed by atoms with Crippen molar-refractivity contribution in [1.82, 2.24) is 9.55 Å². The van der Waals surface area contributed by atoms with Gasteiger partial charge in [-0.1, -0.05) is 103 Å². The van der Waals surface area contributed by atoms with Gasteiger partial charge in [0, 0.05) is 61.4 Å². The Labute approximate surface area is 346 Å². The maximum atomic E-state index is 6.52. The van der Waals surface area contributed by atoms with E-state index in [9.17, 15) is 0 Å². The van der Waals surface area contributed by atoms with Crippen molar-refractivity contribution in [3.05, 3.63) is 162 Å². The van der Waals surface area contributed by atoms with Gasteiger partial charge in [0.05, 0.1) is 0 Å². The van der Waals surface area contributed by atoms with Crippen LogP contribution in [0.4, 0.5) is 11.4 Å². The molecule has 0 spiro atoms. The summed E-state index contributed by atoms with van der Waals surface area (Å²) in [7, 11) is 0. The summed E-state index contributed by atoms with van der Waals surface area (Å²) >= 11 is 0. The zero-order valence-electron chi connectivity index (χ0n) is 33.7. The van der Waals surface area contributed by atoms with Crippen LogP contribution in [0.2, 0.25) is 0 Å². The quantitative estimate of drug-likeness (QED) is 0.142. The Bertz CT molecular complexity index is 2550. The van der Waals surface area contributed by atoms with Crippen LogP contribution < -0.4 is 14.5 Å². The van der Waals surface area contributed by atoms with Gasteiger partial charge in [0.2, 0.25) is 0 Å². The average molecular weight is 917 g/mol. The summed E-state index contributed by atoms with van der Waals surface area (Å²) in [5.41, 5.74) is 12.9. The molecule has 1 aliphatic rings. The molecule has 0 saturated heterocycles. The molecule has 6 heteroatoms. The van der Waals surface area contributed by atoms with Gasteiger partial charge in [-0.3, -0.25) is 0 Å². The normalized spacial score (nSPS) is 13.4. The van der Waals surface area contributed by atoms with Crippen LogP contribution >= 0.6 is 0 Å². The van der Waals surface area contributed by atoms with Gasteiger partial charge in [0.15, 0.2) is 0 Å². The number of allylic oxidation sites excluding steroid dienone is 2. The zero-order chi connectivity index (χ0) is 38.6. The third kappa shape index (κ3) is 7.18. The average Bonchev–Trinajstić information content (AvgIpc) is 3.67. The molecule has 1 aliphatic heterocycles.